The van der Waals surface area contributed by atoms with Crippen LogP contribution in [0.1, 0.15) is 101 Å². The van der Waals surface area contributed by atoms with E-state index >= 15 is 0 Å². The van der Waals surface area contributed by atoms with Gasteiger partial charge in [0.05, 0.1) is 0 Å². The van der Waals surface area contributed by atoms with Gasteiger partial charge in [0, 0.05) is 2.74 Å². The molecule has 0 aromatic carbocycles. The molecule has 118 valence electrons. The average Bonchev–Trinajstić information content (AvgIpc) is 2.45. The van der Waals surface area contributed by atoms with Gasteiger partial charge in [0.2, 0.25) is 0 Å². The third kappa shape index (κ3) is 17.5. The SMILES string of the molecule is [2H]C([2H])(/C=C\CCCCC)/C=C\CCCCCCCC(C)C. The third-order valence-electron chi connectivity index (χ3n) is 3.55. The predicted octanol–water partition coefficient (Wildman–Crippen LogP) is 7.46. The molecule has 0 nitrogen and oxygen atoms in total. The van der Waals surface area contributed by atoms with Crippen LogP contribution in [-0.4, -0.2) is 0 Å². The highest BCUT2D eigenvalue weighted by atomic mass is 14.0. The van der Waals surface area contributed by atoms with Crippen molar-refractivity contribution < 1.29 is 2.74 Å². The van der Waals surface area contributed by atoms with Gasteiger partial charge in [0.1, 0.15) is 0 Å². The lowest BCUT2D eigenvalue weighted by Gasteiger charge is -2.03. The molecule has 0 bridgehead atoms. The fourth-order valence-electron chi connectivity index (χ4n) is 2.22. The van der Waals surface area contributed by atoms with Crippen molar-refractivity contribution in [1.82, 2.24) is 0 Å². The molecule has 20 heavy (non-hydrogen) atoms. The minimum Gasteiger partial charge on any atom is -0.0882 e. The topological polar surface area (TPSA) is 0 Å². The first-order valence-corrected chi connectivity index (χ1v) is 8.83. The highest BCUT2D eigenvalue weighted by molar-refractivity contribution is 4.92. The van der Waals surface area contributed by atoms with Crippen molar-refractivity contribution in [3.63, 3.8) is 0 Å². The minimum absolute atomic E-state index is 0.834. The van der Waals surface area contributed by atoms with Crippen LogP contribution in [0.5, 0.6) is 0 Å². The number of hydrogen-bond acceptors (Lipinski definition) is 0. The van der Waals surface area contributed by atoms with Crippen LogP contribution in [0.15, 0.2) is 24.3 Å². The Morgan fingerprint density at radius 3 is 1.90 bits per heavy atom. The Hall–Kier alpha value is -0.520. The molecule has 0 spiro atoms. The van der Waals surface area contributed by atoms with Crippen LogP contribution in [0, 0.1) is 5.92 Å². The molecule has 0 aliphatic rings. The van der Waals surface area contributed by atoms with Gasteiger partial charge in [-0.25, -0.2) is 0 Å². The van der Waals surface area contributed by atoms with E-state index in [1.807, 2.05) is 12.2 Å². The first-order valence-electron chi connectivity index (χ1n) is 9.83. The van der Waals surface area contributed by atoms with Gasteiger partial charge in [-0.3, -0.25) is 0 Å². The summed E-state index contributed by atoms with van der Waals surface area (Å²) in [5.41, 5.74) is 0. The van der Waals surface area contributed by atoms with Gasteiger partial charge < -0.3 is 0 Å². The summed E-state index contributed by atoms with van der Waals surface area (Å²) in [4.78, 5) is 0. The average molecular weight is 281 g/mol. The van der Waals surface area contributed by atoms with Crippen molar-refractivity contribution in [2.75, 3.05) is 0 Å². The highest BCUT2D eigenvalue weighted by Gasteiger charge is 1.93. The molecular formula is C20H38. The maximum atomic E-state index is 7.91. The molecule has 0 radical (unpaired) electrons. The summed E-state index contributed by atoms with van der Waals surface area (Å²) in [7, 11) is 0. The van der Waals surface area contributed by atoms with Gasteiger partial charge in [0.25, 0.3) is 0 Å². The lowest BCUT2D eigenvalue weighted by atomic mass is 10.0. The highest BCUT2D eigenvalue weighted by Crippen LogP contribution is 2.11. The summed E-state index contributed by atoms with van der Waals surface area (Å²) in [6.07, 6.45) is 19.7. The summed E-state index contributed by atoms with van der Waals surface area (Å²) < 4.78 is 15.8. The van der Waals surface area contributed by atoms with Crippen LogP contribution in [0.4, 0.5) is 0 Å². The van der Waals surface area contributed by atoms with Gasteiger partial charge >= 0.3 is 0 Å². The van der Waals surface area contributed by atoms with Crippen LogP contribution in [0.3, 0.4) is 0 Å². The molecule has 0 saturated carbocycles. The largest absolute Gasteiger partial charge is 0.0882 e. The predicted molar refractivity (Wildman–Crippen MR) is 94.2 cm³/mol. The fraction of sp³-hybridized carbons (Fsp3) is 0.800. The monoisotopic (exact) mass is 280 g/mol. The second kappa shape index (κ2) is 16.5. The minimum atomic E-state index is -1.27. The Morgan fingerprint density at radius 2 is 1.30 bits per heavy atom. The third-order valence-corrected chi connectivity index (χ3v) is 3.55. The van der Waals surface area contributed by atoms with E-state index in [1.54, 1.807) is 12.2 Å². The van der Waals surface area contributed by atoms with Crippen LogP contribution in [0.25, 0.3) is 0 Å². The molecule has 0 aromatic rings. The number of unbranched alkanes of at least 4 members (excludes halogenated alkanes) is 8. The normalized spacial score (nSPS) is 14.4. The summed E-state index contributed by atoms with van der Waals surface area (Å²) in [5, 5.41) is 0. The van der Waals surface area contributed by atoms with Crippen molar-refractivity contribution in [2.45, 2.75) is 97.8 Å². The van der Waals surface area contributed by atoms with Gasteiger partial charge in [-0.2, -0.15) is 0 Å². The molecule has 0 aromatic heterocycles. The Labute approximate surface area is 131 Å². The summed E-state index contributed by atoms with van der Waals surface area (Å²) >= 11 is 0. The quantitative estimate of drug-likeness (QED) is 0.229. The van der Waals surface area contributed by atoms with Gasteiger partial charge in [-0.15, -0.1) is 0 Å². The van der Waals surface area contributed by atoms with E-state index in [2.05, 4.69) is 20.8 Å². The summed E-state index contributed by atoms with van der Waals surface area (Å²) in [6.45, 7) is 6.77. The smallest absolute Gasteiger partial charge is 0.0353 e. The molecule has 0 saturated heterocycles. The molecule has 0 heterocycles. The van der Waals surface area contributed by atoms with E-state index in [9.17, 15) is 0 Å². The first kappa shape index (κ1) is 15.9. The van der Waals surface area contributed by atoms with Crippen LogP contribution in [-0.2, 0) is 0 Å². The molecule has 0 N–H and O–H groups in total. The number of hydrogen-bond donors (Lipinski definition) is 0. The fourth-order valence-corrected chi connectivity index (χ4v) is 2.22. The maximum Gasteiger partial charge on any atom is 0.0353 e. The van der Waals surface area contributed by atoms with Crippen LogP contribution < -0.4 is 0 Å². The first-order chi connectivity index (χ1) is 10.5. The van der Waals surface area contributed by atoms with E-state index < -0.39 is 6.37 Å². The van der Waals surface area contributed by atoms with Crippen molar-refractivity contribution in [2.24, 2.45) is 5.92 Å². The summed E-state index contributed by atoms with van der Waals surface area (Å²) in [5.74, 6) is 0.834. The zero-order valence-corrected chi connectivity index (χ0v) is 14.2. The molecule has 0 fully saturated rings. The van der Waals surface area contributed by atoms with E-state index in [0.29, 0.717) is 0 Å². The van der Waals surface area contributed by atoms with Gasteiger partial charge in [-0.05, 0) is 38.0 Å². The lowest BCUT2D eigenvalue weighted by Crippen LogP contribution is -1.86. The zero-order chi connectivity index (χ0) is 16.7. The van der Waals surface area contributed by atoms with Crippen LogP contribution >= 0.6 is 0 Å². The van der Waals surface area contributed by atoms with Crippen molar-refractivity contribution in [3.05, 3.63) is 24.3 Å². The Morgan fingerprint density at radius 1 is 0.750 bits per heavy atom. The molecule has 0 unspecified atom stereocenters. The van der Waals surface area contributed by atoms with Gasteiger partial charge in [0.15, 0.2) is 0 Å². The number of rotatable bonds is 14. The summed E-state index contributed by atoms with van der Waals surface area (Å²) in [6, 6.07) is 0. The van der Waals surface area contributed by atoms with Crippen molar-refractivity contribution >= 4 is 0 Å². The van der Waals surface area contributed by atoms with Crippen molar-refractivity contribution in [1.29, 1.82) is 0 Å². The van der Waals surface area contributed by atoms with Crippen molar-refractivity contribution in [3.8, 4) is 0 Å². The molecular weight excluding hydrogens is 240 g/mol. The Bertz CT molecular complexity index is 290. The molecule has 0 aliphatic heterocycles. The molecule has 0 rings (SSSR count). The standard InChI is InChI=1S/C20H38/c1-4-5-6-7-8-9-10-11-12-13-14-15-16-17-18-19-20(2)3/h8-9,11-12,20H,4-7,10,13-19H2,1-3H3/b9-8-,12-11-/i10D2. The Balaban J connectivity index is 3.60. The lowest BCUT2D eigenvalue weighted by molar-refractivity contribution is 0.516. The van der Waals surface area contributed by atoms with E-state index in [0.717, 1.165) is 18.8 Å². The zero-order valence-electron chi connectivity index (χ0n) is 16.2. The Kier molecular flexibility index (Phi) is 13.1. The van der Waals surface area contributed by atoms with E-state index in [1.165, 1.54) is 57.8 Å². The van der Waals surface area contributed by atoms with E-state index in [4.69, 9.17) is 2.74 Å². The second-order valence-electron chi connectivity index (χ2n) is 6.21. The molecule has 0 amide bonds. The molecule has 0 atom stereocenters. The molecule has 0 heteroatoms. The maximum absolute atomic E-state index is 7.91. The van der Waals surface area contributed by atoms with E-state index in [-0.39, 0.29) is 0 Å². The second-order valence-corrected chi connectivity index (χ2v) is 6.21. The van der Waals surface area contributed by atoms with Crippen LogP contribution in [0.2, 0.25) is 0 Å². The molecule has 0 aliphatic carbocycles. The van der Waals surface area contributed by atoms with Gasteiger partial charge in [-0.1, -0.05) is 90.0 Å². The number of allylic oxidation sites excluding steroid dienone is 4.